The van der Waals surface area contributed by atoms with Crippen LogP contribution in [0.15, 0.2) is 54.6 Å². The summed E-state index contributed by atoms with van der Waals surface area (Å²) < 4.78 is 5.58. The first-order chi connectivity index (χ1) is 13.0. The van der Waals surface area contributed by atoms with E-state index in [1.807, 2.05) is 68.4 Å². The van der Waals surface area contributed by atoms with E-state index in [0.717, 1.165) is 16.8 Å². The van der Waals surface area contributed by atoms with Gasteiger partial charge in [0.05, 0.1) is 18.6 Å². The molecule has 142 valence electrons. The van der Waals surface area contributed by atoms with E-state index in [1.54, 1.807) is 4.90 Å². The molecule has 5 heteroatoms. The fourth-order valence-electron chi connectivity index (χ4n) is 3.09. The molecule has 0 aromatic heterocycles. The number of para-hydroxylation sites is 1. The van der Waals surface area contributed by atoms with Gasteiger partial charge in [0.15, 0.2) is 0 Å². The molecule has 5 nitrogen and oxygen atoms in total. The predicted molar refractivity (Wildman–Crippen MR) is 105 cm³/mol. The minimum absolute atomic E-state index is 0.00384. The van der Waals surface area contributed by atoms with Crippen molar-refractivity contribution in [3.8, 4) is 0 Å². The topological polar surface area (TPSA) is 58.6 Å². The van der Waals surface area contributed by atoms with Gasteiger partial charge in [-0.2, -0.15) is 0 Å². The number of nitrogens with one attached hydrogen (secondary N) is 1. The third-order valence-corrected chi connectivity index (χ3v) is 4.64. The van der Waals surface area contributed by atoms with Gasteiger partial charge in [-0.3, -0.25) is 9.59 Å². The monoisotopic (exact) mass is 366 g/mol. The molecule has 0 saturated carbocycles. The quantitative estimate of drug-likeness (QED) is 0.818. The second kappa shape index (κ2) is 8.82. The van der Waals surface area contributed by atoms with Crippen molar-refractivity contribution in [2.45, 2.75) is 39.5 Å². The van der Waals surface area contributed by atoms with Gasteiger partial charge in [0.2, 0.25) is 11.8 Å². The number of nitrogens with zero attached hydrogens (tertiary/aromatic N) is 1. The van der Waals surface area contributed by atoms with Gasteiger partial charge in [0, 0.05) is 25.2 Å². The van der Waals surface area contributed by atoms with Crippen LogP contribution in [0.5, 0.6) is 0 Å². The molecule has 3 rings (SSSR count). The Morgan fingerprint density at radius 3 is 2.44 bits per heavy atom. The van der Waals surface area contributed by atoms with Crippen molar-refractivity contribution in [1.82, 2.24) is 5.32 Å². The van der Waals surface area contributed by atoms with Crippen LogP contribution in [0.25, 0.3) is 0 Å². The SMILES string of the molecule is CC(C)OCc1ccc(CNC(=O)C2CC(=O)N(c3ccccc3)C2)cc1. The number of hydrogen-bond donors (Lipinski definition) is 1. The Bertz CT molecular complexity index is 772. The number of amides is 2. The minimum Gasteiger partial charge on any atom is -0.374 e. The molecule has 0 aliphatic carbocycles. The highest BCUT2D eigenvalue weighted by atomic mass is 16.5. The molecule has 0 radical (unpaired) electrons. The molecule has 27 heavy (non-hydrogen) atoms. The average Bonchev–Trinajstić information content (AvgIpc) is 3.08. The Labute approximate surface area is 160 Å². The second-order valence-electron chi connectivity index (χ2n) is 7.14. The van der Waals surface area contributed by atoms with E-state index in [-0.39, 0.29) is 30.3 Å². The van der Waals surface area contributed by atoms with Gasteiger partial charge in [-0.1, -0.05) is 42.5 Å². The summed E-state index contributed by atoms with van der Waals surface area (Å²) >= 11 is 0. The number of benzene rings is 2. The maximum atomic E-state index is 12.5. The smallest absolute Gasteiger partial charge is 0.227 e. The van der Waals surface area contributed by atoms with E-state index in [0.29, 0.717) is 19.7 Å². The van der Waals surface area contributed by atoms with Crippen molar-refractivity contribution in [3.05, 3.63) is 65.7 Å². The third kappa shape index (κ3) is 5.17. The molecule has 1 saturated heterocycles. The van der Waals surface area contributed by atoms with Crippen LogP contribution in [-0.2, 0) is 27.5 Å². The Hall–Kier alpha value is -2.66. The van der Waals surface area contributed by atoms with Crippen LogP contribution in [0.2, 0.25) is 0 Å². The molecule has 2 aromatic rings. The summed E-state index contributed by atoms with van der Waals surface area (Å²) in [5.41, 5.74) is 2.98. The largest absolute Gasteiger partial charge is 0.374 e. The van der Waals surface area contributed by atoms with Crippen molar-refractivity contribution in [1.29, 1.82) is 0 Å². The van der Waals surface area contributed by atoms with Crippen LogP contribution in [0.3, 0.4) is 0 Å². The van der Waals surface area contributed by atoms with E-state index in [1.165, 1.54) is 0 Å². The molecule has 0 spiro atoms. The van der Waals surface area contributed by atoms with E-state index in [4.69, 9.17) is 4.74 Å². The Balaban J connectivity index is 1.50. The lowest BCUT2D eigenvalue weighted by atomic mass is 10.1. The second-order valence-corrected chi connectivity index (χ2v) is 7.14. The van der Waals surface area contributed by atoms with Gasteiger partial charge in [-0.05, 0) is 37.1 Å². The van der Waals surface area contributed by atoms with E-state index >= 15 is 0 Å². The molecule has 1 unspecified atom stereocenters. The van der Waals surface area contributed by atoms with Gasteiger partial charge in [-0.25, -0.2) is 0 Å². The molecular formula is C22H26N2O3. The summed E-state index contributed by atoms with van der Waals surface area (Å²) in [6, 6.07) is 17.5. The number of hydrogen-bond acceptors (Lipinski definition) is 3. The summed E-state index contributed by atoms with van der Waals surface area (Å²) in [7, 11) is 0. The summed E-state index contributed by atoms with van der Waals surface area (Å²) in [6.45, 7) is 5.50. The molecule has 1 heterocycles. The maximum absolute atomic E-state index is 12.5. The summed E-state index contributed by atoms with van der Waals surface area (Å²) in [5.74, 6) is -0.388. The first kappa shape index (κ1) is 19.1. The fraction of sp³-hybridized carbons (Fsp3) is 0.364. The zero-order valence-corrected chi connectivity index (χ0v) is 15.9. The Kier molecular flexibility index (Phi) is 6.24. The lowest BCUT2D eigenvalue weighted by molar-refractivity contribution is -0.126. The van der Waals surface area contributed by atoms with Crippen molar-refractivity contribution < 1.29 is 14.3 Å². The number of carbonyl (C=O) groups excluding carboxylic acids is 2. The molecule has 0 bridgehead atoms. The van der Waals surface area contributed by atoms with Gasteiger partial charge >= 0.3 is 0 Å². The lowest BCUT2D eigenvalue weighted by Gasteiger charge is -2.16. The fourth-order valence-corrected chi connectivity index (χ4v) is 3.09. The van der Waals surface area contributed by atoms with Gasteiger partial charge in [0.25, 0.3) is 0 Å². The number of carbonyl (C=O) groups is 2. The van der Waals surface area contributed by atoms with Crippen LogP contribution in [-0.4, -0.2) is 24.5 Å². The first-order valence-electron chi connectivity index (χ1n) is 9.35. The van der Waals surface area contributed by atoms with Crippen molar-refractivity contribution in [2.24, 2.45) is 5.92 Å². The highest BCUT2D eigenvalue weighted by Gasteiger charge is 2.34. The standard InChI is InChI=1S/C22H26N2O3/c1-16(2)27-15-18-10-8-17(9-11-18)13-23-22(26)19-12-21(25)24(14-19)20-6-4-3-5-7-20/h3-11,16,19H,12-15H2,1-2H3,(H,23,26). The minimum atomic E-state index is -0.309. The van der Waals surface area contributed by atoms with Crippen molar-refractivity contribution in [2.75, 3.05) is 11.4 Å². The summed E-state index contributed by atoms with van der Waals surface area (Å²) in [6.07, 6.45) is 0.459. The number of anilines is 1. The summed E-state index contributed by atoms with van der Waals surface area (Å²) in [5, 5.41) is 2.95. The molecule has 1 aliphatic heterocycles. The van der Waals surface area contributed by atoms with Gasteiger partial charge in [0.1, 0.15) is 0 Å². The molecule has 2 aromatic carbocycles. The molecule has 1 fully saturated rings. The zero-order valence-electron chi connectivity index (χ0n) is 15.9. The van der Waals surface area contributed by atoms with E-state index in [2.05, 4.69) is 5.32 Å². The zero-order chi connectivity index (χ0) is 19.2. The van der Waals surface area contributed by atoms with Crippen molar-refractivity contribution >= 4 is 17.5 Å². The van der Waals surface area contributed by atoms with Crippen LogP contribution in [0.4, 0.5) is 5.69 Å². The van der Waals surface area contributed by atoms with Crippen LogP contribution in [0.1, 0.15) is 31.4 Å². The van der Waals surface area contributed by atoms with Gasteiger partial charge in [-0.15, -0.1) is 0 Å². The first-order valence-corrected chi connectivity index (χ1v) is 9.35. The van der Waals surface area contributed by atoms with Crippen LogP contribution < -0.4 is 10.2 Å². The predicted octanol–water partition coefficient (Wildman–Crippen LogP) is 3.28. The molecule has 1 atom stereocenters. The van der Waals surface area contributed by atoms with Crippen LogP contribution in [0, 0.1) is 5.92 Å². The molecule has 2 amide bonds. The summed E-state index contributed by atoms with van der Waals surface area (Å²) in [4.78, 5) is 26.4. The lowest BCUT2D eigenvalue weighted by Crippen LogP contribution is -2.32. The highest BCUT2D eigenvalue weighted by Crippen LogP contribution is 2.24. The number of ether oxygens (including phenoxy) is 1. The number of rotatable bonds is 7. The molecular weight excluding hydrogens is 340 g/mol. The third-order valence-electron chi connectivity index (χ3n) is 4.64. The average molecular weight is 366 g/mol. The highest BCUT2D eigenvalue weighted by molar-refractivity contribution is 6.00. The Morgan fingerprint density at radius 2 is 1.78 bits per heavy atom. The van der Waals surface area contributed by atoms with E-state index < -0.39 is 0 Å². The van der Waals surface area contributed by atoms with E-state index in [9.17, 15) is 9.59 Å². The normalized spacial score (nSPS) is 16.8. The van der Waals surface area contributed by atoms with Crippen LogP contribution >= 0.6 is 0 Å². The Morgan fingerprint density at radius 1 is 1.11 bits per heavy atom. The molecule has 1 N–H and O–H groups in total. The maximum Gasteiger partial charge on any atom is 0.227 e. The molecule has 1 aliphatic rings. The van der Waals surface area contributed by atoms with Gasteiger partial charge < -0.3 is 15.0 Å². The van der Waals surface area contributed by atoms with Crippen molar-refractivity contribution in [3.63, 3.8) is 0 Å².